The Hall–Kier alpha value is -5.03. The Morgan fingerprint density at radius 2 is 1.82 bits per heavy atom. The predicted molar refractivity (Wildman–Crippen MR) is 150 cm³/mol. The summed E-state index contributed by atoms with van der Waals surface area (Å²) in [5.41, 5.74) is 3.89. The van der Waals surface area contributed by atoms with E-state index in [0.29, 0.717) is 48.1 Å². The first-order valence-electron chi connectivity index (χ1n) is 12.6. The molecule has 198 valence electrons. The average Bonchev–Trinajstić information content (AvgIpc) is 3.40. The molecule has 4 rings (SSSR count). The molecule has 0 saturated heterocycles. The average molecular weight is 523 g/mol. The van der Waals surface area contributed by atoms with E-state index in [1.165, 1.54) is 0 Å². The maximum Gasteiger partial charge on any atom is 0.261 e. The van der Waals surface area contributed by atoms with Gasteiger partial charge in [-0.05, 0) is 61.4 Å². The third kappa shape index (κ3) is 6.65. The van der Waals surface area contributed by atoms with Gasteiger partial charge in [0.2, 0.25) is 0 Å². The van der Waals surface area contributed by atoms with E-state index in [2.05, 4.69) is 5.32 Å². The predicted octanol–water partition coefficient (Wildman–Crippen LogP) is 5.22. The van der Waals surface area contributed by atoms with Gasteiger partial charge in [-0.1, -0.05) is 36.4 Å². The van der Waals surface area contributed by atoms with Crippen LogP contribution >= 0.6 is 0 Å². The van der Waals surface area contributed by atoms with E-state index in [4.69, 9.17) is 19.3 Å². The molecule has 1 N–H and O–H groups in total. The zero-order valence-corrected chi connectivity index (χ0v) is 22.2. The number of ether oxygens (including phenoxy) is 3. The number of nitriles is 1. The first kappa shape index (κ1) is 27.0. The van der Waals surface area contributed by atoms with Crippen molar-refractivity contribution in [1.82, 2.24) is 15.1 Å². The van der Waals surface area contributed by atoms with Gasteiger partial charge >= 0.3 is 0 Å². The molecule has 39 heavy (non-hydrogen) atoms. The number of benzene rings is 3. The van der Waals surface area contributed by atoms with Crippen molar-refractivity contribution < 1.29 is 19.0 Å². The molecule has 0 spiro atoms. The molecule has 1 heterocycles. The molecule has 0 bridgehead atoms. The maximum atomic E-state index is 13.0. The number of hydrogen-bond donors (Lipinski definition) is 1. The minimum absolute atomic E-state index is 0.0165. The third-order valence-electron chi connectivity index (χ3n) is 5.99. The third-order valence-corrected chi connectivity index (χ3v) is 5.99. The van der Waals surface area contributed by atoms with Crippen molar-refractivity contribution in [1.29, 1.82) is 5.26 Å². The minimum Gasteiger partial charge on any atom is -0.494 e. The zero-order valence-electron chi connectivity index (χ0n) is 22.2. The number of rotatable bonds is 11. The van der Waals surface area contributed by atoms with Gasteiger partial charge in [-0.25, -0.2) is 4.68 Å². The Morgan fingerprint density at radius 1 is 1.03 bits per heavy atom. The van der Waals surface area contributed by atoms with Gasteiger partial charge in [-0.3, -0.25) is 4.79 Å². The lowest BCUT2D eigenvalue weighted by Crippen LogP contribution is -2.26. The van der Waals surface area contributed by atoms with Gasteiger partial charge in [-0.15, -0.1) is 0 Å². The van der Waals surface area contributed by atoms with Gasteiger partial charge in [-0.2, -0.15) is 10.4 Å². The number of carbonyl (C=O) groups excluding carboxylic acids is 1. The molecule has 0 aliphatic heterocycles. The molecule has 0 aliphatic rings. The maximum absolute atomic E-state index is 13.0. The number of para-hydroxylation sites is 1. The molecule has 0 aliphatic carbocycles. The van der Waals surface area contributed by atoms with Gasteiger partial charge in [0.15, 0.2) is 11.5 Å². The van der Waals surface area contributed by atoms with E-state index in [1.54, 1.807) is 25.0 Å². The molecule has 0 unspecified atom stereocenters. The highest BCUT2D eigenvalue weighted by Gasteiger charge is 2.16. The van der Waals surface area contributed by atoms with Crippen LogP contribution in [0.1, 0.15) is 18.1 Å². The van der Waals surface area contributed by atoms with E-state index in [-0.39, 0.29) is 5.57 Å². The SMILES string of the molecule is CCOc1cccc(-c2nn(-c3ccccc3)cc2/C=C(\C#N)C(=O)NCCc2ccc(OC)c(OC)c2)c1. The Morgan fingerprint density at radius 3 is 2.54 bits per heavy atom. The molecular weight excluding hydrogens is 492 g/mol. The number of hydrogen-bond acceptors (Lipinski definition) is 6. The van der Waals surface area contributed by atoms with Crippen molar-refractivity contribution in [3.63, 3.8) is 0 Å². The van der Waals surface area contributed by atoms with E-state index >= 15 is 0 Å². The number of aromatic nitrogens is 2. The van der Waals surface area contributed by atoms with Crippen LogP contribution in [-0.4, -0.2) is 43.1 Å². The second-order valence-electron chi connectivity index (χ2n) is 8.54. The van der Waals surface area contributed by atoms with Gasteiger partial charge in [0.05, 0.1) is 26.5 Å². The Balaban J connectivity index is 1.59. The fourth-order valence-corrected chi connectivity index (χ4v) is 4.09. The van der Waals surface area contributed by atoms with Crippen LogP contribution in [0, 0.1) is 11.3 Å². The lowest BCUT2D eigenvalue weighted by molar-refractivity contribution is -0.117. The van der Waals surface area contributed by atoms with E-state index in [0.717, 1.165) is 16.8 Å². The number of nitrogens with zero attached hydrogens (tertiary/aromatic N) is 3. The second kappa shape index (κ2) is 13.0. The standard InChI is InChI=1S/C31H30N4O4/c1-4-39-27-12-8-9-23(19-27)30-25(21-35(34-30)26-10-6-5-7-11-26)18-24(20-32)31(36)33-16-15-22-13-14-28(37-2)29(17-22)38-3/h5-14,17-19,21H,4,15-16H2,1-3H3,(H,33,36)/b24-18+. The fraction of sp³-hybridized carbons (Fsp3) is 0.194. The van der Waals surface area contributed by atoms with E-state index in [1.807, 2.05) is 92.0 Å². The van der Waals surface area contributed by atoms with Gasteiger partial charge in [0.25, 0.3) is 5.91 Å². The highest BCUT2D eigenvalue weighted by molar-refractivity contribution is 6.02. The van der Waals surface area contributed by atoms with E-state index in [9.17, 15) is 10.1 Å². The van der Waals surface area contributed by atoms with Gasteiger partial charge in [0.1, 0.15) is 23.1 Å². The van der Waals surface area contributed by atoms with E-state index < -0.39 is 5.91 Å². The summed E-state index contributed by atoms with van der Waals surface area (Å²) in [7, 11) is 3.16. The van der Waals surface area contributed by atoms with Crippen molar-refractivity contribution in [3.8, 4) is 40.3 Å². The molecular formula is C31H30N4O4. The van der Waals surface area contributed by atoms with Crippen LogP contribution < -0.4 is 19.5 Å². The molecule has 8 nitrogen and oxygen atoms in total. The Labute approximate surface area is 228 Å². The summed E-state index contributed by atoms with van der Waals surface area (Å²) < 4.78 is 18.0. The molecule has 4 aromatic rings. The minimum atomic E-state index is -0.459. The summed E-state index contributed by atoms with van der Waals surface area (Å²) in [4.78, 5) is 13.0. The van der Waals surface area contributed by atoms with Crippen LogP contribution in [0.15, 0.2) is 84.6 Å². The van der Waals surface area contributed by atoms with Crippen molar-refractivity contribution >= 4 is 12.0 Å². The first-order chi connectivity index (χ1) is 19.1. The van der Waals surface area contributed by atoms with Crippen molar-refractivity contribution in [2.24, 2.45) is 0 Å². The lowest BCUT2D eigenvalue weighted by Gasteiger charge is -2.10. The van der Waals surface area contributed by atoms with Crippen LogP contribution in [0.4, 0.5) is 0 Å². The molecule has 1 amide bonds. The Bertz CT molecular complexity index is 1500. The second-order valence-corrected chi connectivity index (χ2v) is 8.54. The highest BCUT2D eigenvalue weighted by atomic mass is 16.5. The van der Waals surface area contributed by atoms with Crippen molar-refractivity contribution in [3.05, 3.63) is 95.7 Å². The number of carbonyl (C=O) groups is 1. The van der Waals surface area contributed by atoms with Crippen LogP contribution in [-0.2, 0) is 11.2 Å². The number of methoxy groups -OCH3 is 2. The van der Waals surface area contributed by atoms with Crippen molar-refractivity contribution in [2.45, 2.75) is 13.3 Å². The Kier molecular flexibility index (Phi) is 8.99. The molecule has 0 radical (unpaired) electrons. The van der Waals surface area contributed by atoms with Crippen molar-refractivity contribution in [2.75, 3.05) is 27.4 Å². The zero-order chi connectivity index (χ0) is 27.6. The van der Waals surface area contributed by atoms with Gasteiger partial charge in [0, 0.05) is 23.9 Å². The summed E-state index contributed by atoms with van der Waals surface area (Å²) >= 11 is 0. The highest BCUT2D eigenvalue weighted by Crippen LogP contribution is 2.29. The molecule has 0 atom stereocenters. The summed E-state index contributed by atoms with van der Waals surface area (Å²) in [5.74, 6) is 1.51. The normalized spacial score (nSPS) is 11.0. The smallest absolute Gasteiger partial charge is 0.261 e. The largest absolute Gasteiger partial charge is 0.494 e. The van der Waals surface area contributed by atoms with Crippen LogP contribution in [0.5, 0.6) is 17.2 Å². The molecule has 1 aromatic heterocycles. The summed E-state index contributed by atoms with van der Waals surface area (Å²) in [6.07, 6.45) is 3.94. The van der Waals surface area contributed by atoms with Crippen LogP contribution in [0.25, 0.3) is 23.0 Å². The lowest BCUT2D eigenvalue weighted by atomic mass is 10.1. The molecule has 3 aromatic carbocycles. The topological polar surface area (TPSA) is 98.4 Å². The molecule has 0 saturated carbocycles. The number of amides is 1. The quantitative estimate of drug-likeness (QED) is 0.214. The molecule has 0 fully saturated rings. The molecule has 8 heteroatoms. The van der Waals surface area contributed by atoms with Crippen LogP contribution in [0.3, 0.4) is 0 Å². The van der Waals surface area contributed by atoms with Gasteiger partial charge < -0.3 is 19.5 Å². The summed E-state index contributed by atoms with van der Waals surface area (Å²) in [5, 5.41) is 17.5. The number of nitrogens with one attached hydrogen (secondary N) is 1. The summed E-state index contributed by atoms with van der Waals surface area (Å²) in [6.45, 7) is 2.81. The first-order valence-corrected chi connectivity index (χ1v) is 12.6. The fourth-order valence-electron chi connectivity index (χ4n) is 4.09. The monoisotopic (exact) mass is 522 g/mol. The summed E-state index contributed by atoms with van der Waals surface area (Å²) in [6, 6.07) is 24.9. The van der Waals surface area contributed by atoms with Crippen LogP contribution in [0.2, 0.25) is 0 Å².